The maximum Gasteiger partial charge on any atom is 0.268 e. The van der Waals surface area contributed by atoms with Gasteiger partial charge >= 0.3 is 0 Å². The molecule has 6 heteroatoms. The first kappa shape index (κ1) is 18.2. The number of anilines is 1. The minimum atomic E-state index is -0.0732. The Balaban J connectivity index is 1.55. The molecule has 2 heterocycles. The summed E-state index contributed by atoms with van der Waals surface area (Å²) in [5.41, 5.74) is 2.72. The van der Waals surface area contributed by atoms with Gasteiger partial charge in [-0.15, -0.1) is 0 Å². The van der Waals surface area contributed by atoms with Crippen molar-refractivity contribution in [3.05, 3.63) is 58.0 Å². The molecule has 1 N–H and O–H groups in total. The second kappa shape index (κ2) is 8.17. The molecule has 1 aliphatic heterocycles. The van der Waals surface area contributed by atoms with Crippen LogP contribution in [0.15, 0.2) is 41.3 Å². The fraction of sp³-hybridized carbons (Fsp3) is 0.450. The van der Waals surface area contributed by atoms with Crippen molar-refractivity contribution in [3.63, 3.8) is 0 Å². The summed E-state index contributed by atoms with van der Waals surface area (Å²) in [6, 6.07) is 9.58. The second-order valence-electron chi connectivity index (χ2n) is 6.65. The van der Waals surface area contributed by atoms with E-state index >= 15 is 0 Å². The van der Waals surface area contributed by atoms with E-state index in [0.717, 1.165) is 38.0 Å². The van der Waals surface area contributed by atoms with Crippen LogP contribution in [0.1, 0.15) is 42.6 Å². The summed E-state index contributed by atoms with van der Waals surface area (Å²) in [7, 11) is 0. The van der Waals surface area contributed by atoms with Crippen molar-refractivity contribution >= 4 is 11.6 Å². The lowest BCUT2D eigenvalue weighted by atomic mass is 10.0. The lowest BCUT2D eigenvalue weighted by molar-refractivity contribution is 0.0931. The Morgan fingerprint density at radius 2 is 1.88 bits per heavy atom. The third kappa shape index (κ3) is 4.12. The van der Waals surface area contributed by atoms with Crippen molar-refractivity contribution in [2.45, 2.75) is 45.7 Å². The largest absolute Gasteiger partial charge is 0.370 e. The summed E-state index contributed by atoms with van der Waals surface area (Å²) >= 11 is 0. The van der Waals surface area contributed by atoms with E-state index in [-0.39, 0.29) is 17.5 Å². The van der Waals surface area contributed by atoms with Crippen LogP contribution < -0.4 is 15.8 Å². The fourth-order valence-electron chi connectivity index (χ4n) is 3.28. The highest BCUT2D eigenvalue weighted by Crippen LogP contribution is 2.18. The molecule has 1 aromatic carbocycles. The highest BCUT2D eigenvalue weighted by molar-refractivity contribution is 5.94. The molecule has 0 atom stereocenters. The van der Waals surface area contributed by atoms with Gasteiger partial charge in [-0.05, 0) is 43.9 Å². The van der Waals surface area contributed by atoms with Crippen molar-refractivity contribution in [2.75, 3.05) is 18.0 Å². The first-order valence-corrected chi connectivity index (χ1v) is 9.32. The van der Waals surface area contributed by atoms with Crippen LogP contribution in [-0.4, -0.2) is 34.8 Å². The summed E-state index contributed by atoms with van der Waals surface area (Å²) < 4.78 is 1.44. The molecule has 0 radical (unpaired) electrons. The highest BCUT2D eigenvalue weighted by atomic mass is 16.1. The molecular weight excluding hydrogens is 328 g/mol. The molecule has 1 aliphatic rings. The molecule has 2 aromatic rings. The number of rotatable bonds is 5. The number of nitrogens with one attached hydrogen (secondary N) is 1. The third-order valence-corrected chi connectivity index (χ3v) is 4.97. The molecule has 1 fully saturated rings. The third-order valence-electron chi connectivity index (χ3n) is 4.97. The molecule has 138 valence electrons. The van der Waals surface area contributed by atoms with Gasteiger partial charge in [0.2, 0.25) is 0 Å². The lowest BCUT2D eigenvalue weighted by Gasteiger charge is -2.33. The predicted octanol–water partition coefficient (Wildman–Crippen LogP) is 2.22. The molecule has 3 rings (SSSR count). The van der Waals surface area contributed by atoms with E-state index in [9.17, 15) is 9.59 Å². The summed E-state index contributed by atoms with van der Waals surface area (Å²) in [4.78, 5) is 26.5. The van der Waals surface area contributed by atoms with E-state index in [0.29, 0.717) is 12.1 Å². The van der Waals surface area contributed by atoms with Crippen molar-refractivity contribution in [1.29, 1.82) is 0 Å². The van der Waals surface area contributed by atoms with Crippen molar-refractivity contribution < 1.29 is 4.79 Å². The molecule has 1 amide bonds. The van der Waals surface area contributed by atoms with Gasteiger partial charge in [-0.3, -0.25) is 9.59 Å². The average molecular weight is 354 g/mol. The molecule has 0 aliphatic carbocycles. The Morgan fingerprint density at radius 3 is 2.46 bits per heavy atom. The summed E-state index contributed by atoms with van der Waals surface area (Å²) in [6.45, 7) is 6.18. The highest BCUT2D eigenvalue weighted by Gasteiger charge is 2.22. The van der Waals surface area contributed by atoms with Gasteiger partial charge < -0.3 is 10.2 Å². The van der Waals surface area contributed by atoms with Crippen LogP contribution >= 0.6 is 0 Å². The van der Waals surface area contributed by atoms with Crippen LogP contribution in [0.4, 0.5) is 5.69 Å². The first-order valence-electron chi connectivity index (χ1n) is 9.32. The summed E-state index contributed by atoms with van der Waals surface area (Å²) in [5.74, 6) is -0.0155. The average Bonchev–Trinajstić information content (AvgIpc) is 2.68. The molecule has 26 heavy (non-hydrogen) atoms. The number of hydrogen-bond acceptors (Lipinski definition) is 4. The van der Waals surface area contributed by atoms with E-state index < -0.39 is 0 Å². The van der Waals surface area contributed by atoms with Gasteiger partial charge in [-0.25, -0.2) is 4.68 Å². The van der Waals surface area contributed by atoms with Gasteiger partial charge in [0.05, 0.1) is 11.9 Å². The number of amides is 1. The fourth-order valence-corrected chi connectivity index (χ4v) is 3.28. The number of hydrogen-bond donors (Lipinski definition) is 1. The SMILES string of the molecule is CCc1ccc(C(=O)NC2CCN(c3cnn(CC)c(=O)c3)CC2)cc1. The number of nitrogens with zero attached hydrogens (tertiary/aromatic N) is 3. The van der Waals surface area contributed by atoms with E-state index in [2.05, 4.69) is 22.2 Å². The van der Waals surface area contributed by atoms with Crippen LogP contribution in [0.5, 0.6) is 0 Å². The molecule has 0 bridgehead atoms. The van der Waals surface area contributed by atoms with Gasteiger partial charge in [0, 0.05) is 37.3 Å². The molecule has 0 saturated carbocycles. The standard InChI is InChI=1S/C20H26N4O2/c1-3-15-5-7-16(8-6-15)20(26)22-17-9-11-23(12-10-17)18-13-19(25)24(4-2)21-14-18/h5-8,13-14,17H,3-4,9-12H2,1-2H3,(H,22,26). The number of carbonyl (C=O) groups is 1. The Bertz CT molecular complexity index is 805. The van der Waals surface area contributed by atoms with Crippen LogP contribution in [0.25, 0.3) is 0 Å². The molecule has 0 spiro atoms. The first-order chi connectivity index (χ1) is 12.6. The summed E-state index contributed by atoms with van der Waals surface area (Å²) in [5, 5.41) is 7.31. The van der Waals surface area contributed by atoms with Crippen molar-refractivity contribution in [2.24, 2.45) is 0 Å². The van der Waals surface area contributed by atoms with Gasteiger partial charge in [0.1, 0.15) is 0 Å². The van der Waals surface area contributed by atoms with Gasteiger partial charge in [0.15, 0.2) is 0 Å². The zero-order valence-electron chi connectivity index (χ0n) is 15.4. The molecule has 1 aromatic heterocycles. The smallest absolute Gasteiger partial charge is 0.268 e. The normalized spacial score (nSPS) is 15.1. The van der Waals surface area contributed by atoms with Crippen LogP contribution in [-0.2, 0) is 13.0 Å². The molecule has 1 saturated heterocycles. The number of piperidine rings is 1. The van der Waals surface area contributed by atoms with E-state index in [4.69, 9.17) is 0 Å². The monoisotopic (exact) mass is 354 g/mol. The van der Waals surface area contributed by atoms with Crippen molar-refractivity contribution in [3.8, 4) is 0 Å². The number of aryl methyl sites for hydroxylation is 2. The van der Waals surface area contributed by atoms with Gasteiger partial charge in [0.25, 0.3) is 11.5 Å². The van der Waals surface area contributed by atoms with E-state index in [1.807, 2.05) is 31.2 Å². The minimum Gasteiger partial charge on any atom is -0.370 e. The molecule has 0 unspecified atom stereocenters. The Hall–Kier alpha value is -2.63. The Morgan fingerprint density at radius 1 is 1.19 bits per heavy atom. The van der Waals surface area contributed by atoms with Crippen LogP contribution in [0.2, 0.25) is 0 Å². The maximum atomic E-state index is 12.4. The van der Waals surface area contributed by atoms with Gasteiger partial charge in [-0.2, -0.15) is 5.10 Å². The topological polar surface area (TPSA) is 67.2 Å². The predicted molar refractivity (Wildman–Crippen MR) is 103 cm³/mol. The molecule has 6 nitrogen and oxygen atoms in total. The quantitative estimate of drug-likeness (QED) is 0.894. The number of benzene rings is 1. The zero-order chi connectivity index (χ0) is 18.5. The summed E-state index contributed by atoms with van der Waals surface area (Å²) in [6.07, 6.45) is 4.43. The Kier molecular flexibility index (Phi) is 5.71. The minimum absolute atomic E-state index is 0.0155. The van der Waals surface area contributed by atoms with E-state index in [1.165, 1.54) is 10.2 Å². The van der Waals surface area contributed by atoms with Crippen LogP contribution in [0.3, 0.4) is 0 Å². The van der Waals surface area contributed by atoms with Crippen LogP contribution in [0, 0.1) is 0 Å². The van der Waals surface area contributed by atoms with E-state index in [1.54, 1.807) is 12.3 Å². The van der Waals surface area contributed by atoms with Gasteiger partial charge in [-0.1, -0.05) is 19.1 Å². The number of aromatic nitrogens is 2. The van der Waals surface area contributed by atoms with Crippen molar-refractivity contribution in [1.82, 2.24) is 15.1 Å². The maximum absolute atomic E-state index is 12.4. The zero-order valence-corrected chi connectivity index (χ0v) is 15.4. The lowest BCUT2D eigenvalue weighted by Crippen LogP contribution is -2.45. The molecular formula is C20H26N4O2. The second-order valence-corrected chi connectivity index (χ2v) is 6.65. The Labute approximate surface area is 153 Å². The number of carbonyl (C=O) groups excluding carboxylic acids is 1.